The van der Waals surface area contributed by atoms with Gasteiger partial charge in [-0.3, -0.25) is 9.59 Å². The molecule has 1 aromatic carbocycles. The highest BCUT2D eigenvalue weighted by atomic mass is 16.1. The molecule has 1 aliphatic carbocycles. The molecule has 1 aliphatic rings. The minimum absolute atomic E-state index is 0.0260. The van der Waals surface area contributed by atoms with Crippen molar-refractivity contribution in [1.29, 1.82) is 0 Å². The van der Waals surface area contributed by atoms with Gasteiger partial charge in [-0.2, -0.15) is 0 Å². The molecule has 18 heavy (non-hydrogen) atoms. The van der Waals surface area contributed by atoms with Crippen LogP contribution in [0, 0.1) is 0 Å². The van der Waals surface area contributed by atoms with Crippen LogP contribution in [0.4, 0.5) is 0 Å². The van der Waals surface area contributed by atoms with Gasteiger partial charge in [0.1, 0.15) is 0 Å². The molecule has 0 N–H and O–H groups in total. The monoisotopic (exact) mass is 240 g/mol. The lowest BCUT2D eigenvalue weighted by Gasteiger charge is -2.12. The molecular formula is C16H16O2. The van der Waals surface area contributed by atoms with Crippen molar-refractivity contribution in [2.24, 2.45) is 0 Å². The fraction of sp³-hybridized carbons (Fsp3) is 0.250. The van der Waals surface area contributed by atoms with Crippen LogP contribution in [-0.2, 0) is 9.59 Å². The van der Waals surface area contributed by atoms with Gasteiger partial charge in [-0.05, 0) is 30.6 Å². The average Bonchev–Trinajstić information content (AvgIpc) is 2.40. The first-order valence-corrected chi connectivity index (χ1v) is 6.28. The van der Waals surface area contributed by atoms with Gasteiger partial charge in [0.25, 0.3) is 0 Å². The van der Waals surface area contributed by atoms with Crippen molar-refractivity contribution < 1.29 is 9.59 Å². The number of hydrogen-bond acceptors (Lipinski definition) is 2. The third-order valence-corrected chi connectivity index (χ3v) is 3.05. The van der Waals surface area contributed by atoms with Crippen molar-refractivity contribution in [3.8, 4) is 0 Å². The van der Waals surface area contributed by atoms with Gasteiger partial charge in [-0.25, -0.2) is 0 Å². The molecule has 0 atom stereocenters. The summed E-state index contributed by atoms with van der Waals surface area (Å²) in [6.45, 7) is 2.07. The molecule has 0 bridgehead atoms. The Morgan fingerprint density at radius 1 is 0.944 bits per heavy atom. The summed E-state index contributed by atoms with van der Waals surface area (Å²) in [5.41, 5.74) is 1.95. The lowest BCUT2D eigenvalue weighted by molar-refractivity contribution is -0.114. The summed E-state index contributed by atoms with van der Waals surface area (Å²) >= 11 is 0. The van der Waals surface area contributed by atoms with E-state index in [1.807, 2.05) is 30.3 Å². The van der Waals surface area contributed by atoms with Crippen LogP contribution in [-0.4, -0.2) is 11.6 Å². The summed E-state index contributed by atoms with van der Waals surface area (Å²) in [6, 6.07) is 9.32. The molecule has 2 rings (SSSR count). The third-order valence-electron chi connectivity index (χ3n) is 3.05. The molecule has 0 aliphatic heterocycles. The maximum absolute atomic E-state index is 12.0. The first kappa shape index (κ1) is 12.5. The minimum Gasteiger partial charge on any atom is -0.290 e. The normalized spacial score (nSPS) is 15.4. The fourth-order valence-corrected chi connectivity index (χ4v) is 2.01. The van der Waals surface area contributed by atoms with Gasteiger partial charge in [0, 0.05) is 11.1 Å². The van der Waals surface area contributed by atoms with Crippen molar-refractivity contribution >= 4 is 17.1 Å². The van der Waals surface area contributed by atoms with Crippen LogP contribution in [0.2, 0.25) is 0 Å². The highest BCUT2D eigenvalue weighted by molar-refractivity contribution is 6.35. The molecule has 92 valence electrons. The van der Waals surface area contributed by atoms with Crippen LogP contribution in [0.1, 0.15) is 31.7 Å². The molecule has 0 saturated carbocycles. The van der Waals surface area contributed by atoms with Crippen LogP contribution >= 0.6 is 0 Å². The topological polar surface area (TPSA) is 34.1 Å². The van der Waals surface area contributed by atoms with E-state index in [9.17, 15) is 9.59 Å². The molecular weight excluding hydrogens is 224 g/mol. The SMILES string of the molecule is CCCCC1=CC(=O)C(c2ccccc2)=CC1=O. The largest absolute Gasteiger partial charge is 0.290 e. The summed E-state index contributed by atoms with van der Waals surface area (Å²) < 4.78 is 0. The summed E-state index contributed by atoms with van der Waals surface area (Å²) in [5, 5.41) is 0. The van der Waals surface area contributed by atoms with Crippen molar-refractivity contribution in [1.82, 2.24) is 0 Å². The Labute approximate surface area is 107 Å². The van der Waals surface area contributed by atoms with Crippen LogP contribution in [0.5, 0.6) is 0 Å². The number of ketones is 2. The quantitative estimate of drug-likeness (QED) is 0.756. The van der Waals surface area contributed by atoms with Crippen LogP contribution in [0.3, 0.4) is 0 Å². The molecule has 0 heterocycles. The van der Waals surface area contributed by atoms with E-state index >= 15 is 0 Å². The van der Waals surface area contributed by atoms with Gasteiger partial charge in [-0.15, -0.1) is 0 Å². The summed E-state index contributed by atoms with van der Waals surface area (Å²) in [6.07, 6.45) is 5.63. The molecule has 0 saturated heterocycles. The van der Waals surface area contributed by atoms with E-state index < -0.39 is 0 Å². The van der Waals surface area contributed by atoms with E-state index in [0.717, 1.165) is 18.4 Å². The lowest BCUT2D eigenvalue weighted by Crippen LogP contribution is -2.12. The van der Waals surface area contributed by atoms with E-state index in [1.165, 1.54) is 12.2 Å². The maximum atomic E-state index is 12.0. The van der Waals surface area contributed by atoms with Crippen molar-refractivity contribution in [3.63, 3.8) is 0 Å². The Hall–Kier alpha value is -1.96. The fourth-order valence-electron chi connectivity index (χ4n) is 2.01. The number of unbranched alkanes of at least 4 members (excludes halogenated alkanes) is 1. The minimum atomic E-state index is -0.0631. The van der Waals surface area contributed by atoms with Gasteiger partial charge >= 0.3 is 0 Å². The average molecular weight is 240 g/mol. The predicted octanol–water partition coefficient (Wildman–Crippen LogP) is 3.34. The number of rotatable bonds is 4. The first-order valence-electron chi connectivity index (χ1n) is 6.28. The van der Waals surface area contributed by atoms with Gasteiger partial charge in [-0.1, -0.05) is 43.7 Å². The molecule has 0 amide bonds. The number of benzene rings is 1. The second-order valence-corrected chi connectivity index (χ2v) is 4.43. The van der Waals surface area contributed by atoms with Crippen LogP contribution in [0.25, 0.3) is 5.57 Å². The Bertz CT molecular complexity index is 521. The van der Waals surface area contributed by atoms with E-state index in [1.54, 1.807) is 0 Å². The summed E-state index contributed by atoms with van der Waals surface area (Å²) in [5.74, 6) is -0.0891. The molecule has 0 unspecified atom stereocenters. The number of hydrogen-bond donors (Lipinski definition) is 0. The zero-order valence-electron chi connectivity index (χ0n) is 10.5. The second-order valence-electron chi connectivity index (χ2n) is 4.43. The highest BCUT2D eigenvalue weighted by Crippen LogP contribution is 2.23. The highest BCUT2D eigenvalue weighted by Gasteiger charge is 2.20. The Morgan fingerprint density at radius 3 is 2.33 bits per heavy atom. The van der Waals surface area contributed by atoms with Gasteiger partial charge < -0.3 is 0 Å². The van der Waals surface area contributed by atoms with Gasteiger partial charge in [0.05, 0.1) is 0 Å². The Morgan fingerprint density at radius 2 is 1.67 bits per heavy atom. The van der Waals surface area contributed by atoms with Crippen LogP contribution < -0.4 is 0 Å². The maximum Gasteiger partial charge on any atom is 0.186 e. The van der Waals surface area contributed by atoms with E-state index in [4.69, 9.17) is 0 Å². The second kappa shape index (κ2) is 5.58. The Kier molecular flexibility index (Phi) is 3.88. The standard InChI is InChI=1S/C16H16O2/c1-2-3-7-13-10-16(18)14(11-15(13)17)12-8-5-4-6-9-12/h4-6,8-11H,2-3,7H2,1H3. The first-order chi connectivity index (χ1) is 8.72. The van der Waals surface area contributed by atoms with Crippen molar-refractivity contribution in [2.75, 3.05) is 0 Å². The van der Waals surface area contributed by atoms with Crippen LogP contribution in [0.15, 0.2) is 48.1 Å². The van der Waals surface area contributed by atoms with Crippen molar-refractivity contribution in [3.05, 3.63) is 53.6 Å². The molecule has 0 fully saturated rings. The van der Waals surface area contributed by atoms with E-state index in [-0.39, 0.29) is 11.6 Å². The summed E-state index contributed by atoms with van der Waals surface area (Å²) in [4.78, 5) is 23.9. The Balaban J connectivity index is 2.23. The molecule has 0 aromatic heterocycles. The summed E-state index contributed by atoms with van der Waals surface area (Å²) in [7, 11) is 0. The predicted molar refractivity (Wildman–Crippen MR) is 72.0 cm³/mol. The molecule has 0 spiro atoms. The molecule has 1 aromatic rings. The lowest BCUT2D eigenvalue weighted by atomic mass is 9.90. The molecule has 0 radical (unpaired) electrons. The molecule has 2 heteroatoms. The molecule has 2 nitrogen and oxygen atoms in total. The number of allylic oxidation sites excluding steroid dienone is 4. The zero-order valence-corrected chi connectivity index (χ0v) is 10.5. The van der Waals surface area contributed by atoms with Crippen molar-refractivity contribution in [2.45, 2.75) is 26.2 Å². The van der Waals surface area contributed by atoms with Gasteiger partial charge in [0.15, 0.2) is 11.6 Å². The van der Waals surface area contributed by atoms with E-state index in [2.05, 4.69) is 6.92 Å². The van der Waals surface area contributed by atoms with Gasteiger partial charge in [0.2, 0.25) is 0 Å². The number of carbonyl (C=O) groups excluding carboxylic acids is 2. The third kappa shape index (κ3) is 2.65. The van der Waals surface area contributed by atoms with E-state index in [0.29, 0.717) is 17.6 Å². The number of carbonyl (C=O) groups is 2. The smallest absolute Gasteiger partial charge is 0.186 e. The zero-order chi connectivity index (χ0) is 13.0.